The molecule has 0 bridgehead atoms. The average Bonchev–Trinajstić information content (AvgIpc) is 3.19. The van der Waals surface area contributed by atoms with Gasteiger partial charge in [-0.15, -0.1) is 11.3 Å². The minimum atomic E-state index is -0.519. The van der Waals surface area contributed by atoms with Crippen molar-refractivity contribution in [3.63, 3.8) is 0 Å². The van der Waals surface area contributed by atoms with Crippen molar-refractivity contribution in [3.05, 3.63) is 52.0 Å². The van der Waals surface area contributed by atoms with Gasteiger partial charge in [0.05, 0.1) is 6.04 Å². The first-order chi connectivity index (χ1) is 14.7. The van der Waals surface area contributed by atoms with Gasteiger partial charge in [0.1, 0.15) is 31.3 Å². The van der Waals surface area contributed by atoms with Gasteiger partial charge in [-0.25, -0.2) is 4.39 Å². The molecule has 3 rings (SSSR count). The largest absolute Gasteiger partial charge is 0.491 e. The SMILES string of the molecule is COCC(=O)N(CC(=O)N1CCc2sccc2C1COc1ccc(F)cc1)C(C)(C)C. The highest BCUT2D eigenvalue weighted by molar-refractivity contribution is 7.10. The monoisotopic (exact) mass is 448 g/mol. The molecule has 1 aliphatic rings. The molecule has 168 valence electrons. The molecule has 1 aliphatic heterocycles. The van der Waals surface area contributed by atoms with Gasteiger partial charge in [0.2, 0.25) is 11.8 Å². The Kier molecular flexibility index (Phi) is 7.33. The number of fused-ring (bicyclic) bond motifs is 1. The summed E-state index contributed by atoms with van der Waals surface area (Å²) in [5, 5.41) is 2.02. The Hall–Kier alpha value is -2.45. The lowest BCUT2D eigenvalue weighted by Gasteiger charge is -2.40. The lowest BCUT2D eigenvalue weighted by Crippen LogP contribution is -2.53. The first-order valence-corrected chi connectivity index (χ1v) is 11.1. The number of hydrogen-bond donors (Lipinski definition) is 0. The maximum atomic E-state index is 13.4. The van der Waals surface area contributed by atoms with Gasteiger partial charge in [-0.1, -0.05) is 0 Å². The quantitative estimate of drug-likeness (QED) is 0.649. The van der Waals surface area contributed by atoms with Crippen LogP contribution in [0, 0.1) is 5.82 Å². The molecule has 0 N–H and O–H groups in total. The van der Waals surface area contributed by atoms with E-state index in [1.165, 1.54) is 24.1 Å². The molecule has 0 radical (unpaired) electrons. The van der Waals surface area contributed by atoms with E-state index in [2.05, 4.69) is 0 Å². The van der Waals surface area contributed by atoms with Crippen LogP contribution in [0.1, 0.15) is 37.3 Å². The molecule has 2 amide bonds. The van der Waals surface area contributed by atoms with Crippen LogP contribution in [0.5, 0.6) is 5.75 Å². The van der Waals surface area contributed by atoms with Crippen molar-refractivity contribution in [2.24, 2.45) is 0 Å². The molecule has 0 spiro atoms. The zero-order valence-electron chi connectivity index (χ0n) is 18.4. The summed E-state index contributed by atoms with van der Waals surface area (Å²) in [6, 6.07) is 7.59. The number of thiophene rings is 1. The molecule has 0 saturated heterocycles. The number of amides is 2. The Balaban J connectivity index is 1.79. The van der Waals surface area contributed by atoms with Crippen molar-refractivity contribution in [2.45, 2.75) is 38.8 Å². The molecular weight excluding hydrogens is 419 g/mol. The van der Waals surface area contributed by atoms with Gasteiger partial charge in [0.15, 0.2) is 0 Å². The first-order valence-electron chi connectivity index (χ1n) is 10.2. The van der Waals surface area contributed by atoms with Gasteiger partial charge < -0.3 is 19.3 Å². The number of benzene rings is 1. The Morgan fingerprint density at radius 2 is 1.94 bits per heavy atom. The summed E-state index contributed by atoms with van der Waals surface area (Å²) in [6.45, 7) is 6.40. The van der Waals surface area contributed by atoms with Crippen molar-refractivity contribution in [3.8, 4) is 5.75 Å². The Labute approximate surface area is 186 Å². The minimum absolute atomic E-state index is 0.0296. The molecule has 2 aromatic rings. The zero-order valence-corrected chi connectivity index (χ0v) is 19.2. The fourth-order valence-electron chi connectivity index (χ4n) is 3.71. The van der Waals surface area contributed by atoms with Crippen molar-refractivity contribution < 1.29 is 23.5 Å². The summed E-state index contributed by atoms with van der Waals surface area (Å²) in [6.07, 6.45) is 0.771. The highest BCUT2D eigenvalue weighted by Crippen LogP contribution is 2.34. The van der Waals surface area contributed by atoms with Crippen LogP contribution >= 0.6 is 11.3 Å². The maximum Gasteiger partial charge on any atom is 0.249 e. The van der Waals surface area contributed by atoms with Crippen molar-refractivity contribution >= 4 is 23.2 Å². The normalized spacial score (nSPS) is 16.0. The van der Waals surface area contributed by atoms with Crippen LogP contribution in [0.3, 0.4) is 0 Å². The number of ether oxygens (including phenoxy) is 2. The number of hydrogen-bond acceptors (Lipinski definition) is 5. The number of halogens is 1. The van der Waals surface area contributed by atoms with Gasteiger partial charge >= 0.3 is 0 Å². The third kappa shape index (κ3) is 5.62. The number of rotatable bonds is 7. The maximum absolute atomic E-state index is 13.4. The molecule has 2 heterocycles. The second-order valence-electron chi connectivity index (χ2n) is 8.50. The third-order valence-electron chi connectivity index (χ3n) is 5.31. The first kappa shape index (κ1) is 23.2. The van der Waals surface area contributed by atoms with Crippen LogP contribution in [0.15, 0.2) is 35.7 Å². The van der Waals surface area contributed by atoms with Gasteiger partial charge in [0, 0.05) is 24.1 Å². The summed E-state index contributed by atoms with van der Waals surface area (Å²) in [5.41, 5.74) is 0.548. The standard InChI is InChI=1S/C23H29FN2O4S/c1-23(2,3)26(22(28)15-29-4)13-21(27)25-11-9-20-18(10-12-31-20)19(25)14-30-17-7-5-16(24)6-8-17/h5-8,10,12,19H,9,11,13-15H2,1-4H3. The van der Waals surface area contributed by atoms with Crippen LogP contribution < -0.4 is 4.74 Å². The van der Waals surface area contributed by atoms with Crippen LogP contribution in [-0.2, 0) is 20.7 Å². The van der Waals surface area contributed by atoms with Crippen molar-refractivity contribution in [1.82, 2.24) is 9.80 Å². The lowest BCUT2D eigenvalue weighted by molar-refractivity contribution is -0.148. The minimum Gasteiger partial charge on any atom is -0.491 e. The third-order valence-corrected chi connectivity index (χ3v) is 6.31. The summed E-state index contributed by atoms with van der Waals surface area (Å²) >= 11 is 1.67. The molecule has 1 aromatic carbocycles. The molecule has 8 heteroatoms. The van der Waals surface area contributed by atoms with Crippen LogP contribution in [0.25, 0.3) is 0 Å². The lowest BCUT2D eigenvalue weighted by atomic mass is 10.00. The number of carbonyl (C=O) groups is 2. The average molecular weight is 449 g/mol. The molecule has 1 aromatic heterocycles. The number of nitrogens with zero attached hydrogens (tertiary/aromatic N) is 2. The van der Waals surface area contributed by atoms with E-state index in [1.807, 2.05) is 32.2 Å². The van der Waals surface area contributed by atoms with Gasteiger partial charge in [0.25, 0.3) is 0 Å². The van der Waals surface area contributed by atoms with Gasteiger partial charge in [-0.3, -0.25) is 9.59 Å². The Morgan fingerprint density at radius 3 is 2.58 bits per heavy atom. The van der Waals surface area contributed by atoms with E-state index in [0.717, 1.165) is 12.0 Å². The van der Waals surface area contributed by atoms with E-state index in [-0.39, 0.29) is 43.4 Å². The summed E-state index contributed by atoms with van der Waals surface area (Å²) in [5.74, 6) is -0.146. The molecule has 31 heavy (non-hydrogen) atoms. The molecule has 6 nitrogen and oxygen atoms in total. The summed E-state index contributed by atoms with van der Waals surface area (Å²) in [7, 11) is 1.46. The van der Waals surface area contributed by atoms with Crippen LogP contribution in [0.2, 0.25) is 0 Å². The summed E-state index contributed by atoms with van der Waals surface area (Å²) in [4.78, 5) is 30.5. The van der Waals surface area contributed by atoms with E-state index in [1.54, 1.807) is 33.3 Å². The van der Waals surface area contributed by atoms with Crippen LogP contribution in [-0.4, -0.2) is 60.6 Å². The molecule has 0 saturated carbocycles. The van der Waals surface area contributed by atoms with E-state index in [0.29, 0.717) is 12.3 Å². The van der Waals surface area contributed by atoms with Crippen molar-refractivity contribution in [2.75, 3.05) is 33.4 Å². The van der Waals surface area contributed by atoms with E-state index < -0.39 is 5.54 Å². The fraction of sp³-hybridized carbons (Fsp3) is 0.478. The smallest absolute Gasteiger partial charge is 0.249 e. The van der Waals surface area contributed by atoms with E-state index in [4.69, 9.17) is 9.47 Å². The second kappa shape index (κ2) is 9.78. The molecule has 1 atom stereocenters. The number of methoxy groups -OCH3 is 1. The predicted molar refractivity (Wildman–Crippen MR) is 118 cm³/mol. The van der Waals surface area contributed by atoms with Gasteiger partial charge in [-0.05, 0) is 68.5 Å². The van der Waals surface area contributed by atoms with E-state index >= 15 is 0 Å². The second-order valence-corrected chi connectivity index (χ2v) is 9.50. The van der Waals surface area contributed by atoms with Gasteiger partial charge in [-0.2, -0.15) is 0 Å². The summed E-state index contributed by atoms with van der Waals surface area (Å²) < 4.78 is 24.1. The van der Waals surface area contributed by atoms with Crippen LogP contribution in [0.4, 0.5) is 4.39 Å². The molecular formula is C23H29FN2O4S. The predicted octanol–water partition coefficient (Wildman–Crippen LogP) is 3.67. The zero-order chi connectivity index (χ0) is 22.6. The molecule has 0 aliphatic carbocycles. The highest BCUT2D eigenvalue weighted by Gasteiger charge is 2.35. The molecule has 1 unspecified atom stereocenters. The van der Waals surface area contributed by atoms with Crippen molar-refractivity contribution in [1.29, 1.82) is 0 Å². The Bertz CT molecular complexity index is 907. The Morgan fingerprint density at radius 1 is 1.23 bits per heavy atom. The number of carbonyl (C=O) groups excluding carboxylic acids is 2. The van der Waals surface area contributed by atoms with E-state index in [9.17, 15) is 14.0 Å². The fourth-order valence-corrected chi connectivity index (χ4v) is 4.64. The topological polar surface area (TPSA) is 59.1 Å². The molecule has 0 fully saturated rings. The highest BCUT2D eigenvalue weighted by atomic mass is 32.1.